The van der Waals surface area contributed by atoms with Gasteiger partial charge in [-0.3, -0.25) is 19.3 Å². The van der Waals surface area contributed by atoms with Crippen LogP contribution in [0.3, 0.4) is 0 Å². The molecule has 2 aliphatic carbocycles. The van der Waals surface area contributed by atoms with Gasteiger partial charge in [-0.05, 0) is 49.1 Å². The Labute approximate surface area is 180 Å². The number of imide groups is 1. The van der Waals surface area contributed by atoms with Gasteiger partial charge in [0.1, 0.15) is 6.04 Å². The number of halogens is 1. The van der Waals surface area contributed by atoms with Crippen LogP contribution in [-0.4, -0.2) is 41.2 Å². The van der Waals surface area contributed by atoms with Gasteiger partial charge in [0.25, 0.3) is 5.91 Å². The summed E-state index contributed by atoms with van der Waals surface area (Å²) in [6, 6.07) is 5.69. The van der Waals surface area contributed by atoms with Crippen LogP contribution in [0.2, 0.25) is 5.02 Å². The highest BCUT2D eigenvalue weighted by Crippen LogP contribution is 2.56. The monoisotopic (exact) mass is 432 g/mol. The van der Waals surface area contributed by atoms with Gasteiger partial charge in [-0.25, -0.2) is 4.79 Å². The minimum absolute atomic E-state index is 0.242. The van der Waals surface area contributed by atoms with Crippen LogP contribution in [0.5, 0.6) is 0 Å². The first-order valence-electron chi connectivity index (χ1n) is 10.4. The molecule has 0 aromatic heterocycles. The number of fused-ring (bicyclic) bond motifs is 5. The van der Waals surface area contributed by atoms with Crippen LogP contribution in [-0.2, 0) is 23.9 Å². The van der Waals surface area contributed by atoms with E-state index in [0.717, 1.165) is 24.2 Å². The zero-order valence-corrected chi connectivity index (χ0v) is 17.7. The second-order valence-electron chi connectivity index (χ2n) is 8.76. The summed E-state index contributed by atoms with van der Waals surface area (Å²) in [7, 11) is 0. The number of carbonyl (C=O) groups is 4. The molecule has 2 saturated carbocycles. The van der Waals surface area contributed by atoms with Gasteiger partial charge in [0.15, 0.2) is 6.61 Å². The molecule has 30 heavy (non-hydrogen) atoms. The highest BCUT2D eigenvalue weighted by atomic mass is 35.5. The summed E-state index contributed by atoms with van der Waals surface area (Å²) in [5, 5.41) is 2.94. The lowest BCUT2D eigenvalue weighted by molar-refractivity contribution is -0.162. The molecule has 3 amide bonds. The Morgan fingerprint density at radius 3 is 2.30 bits per heavy atom. The molecular formula is C22H25ClN2O5. The van der Waals surface area contributed by atoms with E-state index in [1.807, 2.05) is 0 Å². The molecule has 5 atom stereocenters. The lowest BCUT2D eigenvalue weighted by Gasteiger charge is -2.28. The molecule has 8 heteroatoms. The number of anilines is 1. The van der Waals surface area contributed by atoms with Crippen LogP contribution in [0.1, 0.15) is 33.1 Å². The van der Waals surface area contributed by atoms with Gasteiger partial charge in [-0.2, -0.15) is 0 Å². The third-order valence-electron chi connectivity index (χ3n) is 6.61. The highest BCUT2D eigenvalue weighted by Gasteiger charge is 2.62. The number of esters is 1. The summed E-state index contributed by atoms with van der Waals surface area (Å²) in [5.74, 6) is -2.24. The fraction of sp³-hybridized carbons (Fsp3) is 0.545. The molecule has 7 nitrogen and oxygen atoms in total. The van der Waals surface area contributed by atoms with Gasteiger partial charge in [0.2, 0.25) is 11.8 Å². The molecule has 1 heterocycles. The molecular weight excluding hydrogens is 408 g/mol. The molecule has 3 aliphatic rings. The standard InChI is InChI=1S/C22H25ClN2O5/c1-11(2)19(22(29)30-10-16(26)24-15-6-4-3-5-14(15)23)25-20(27)17-12-7-8-13(9-12)18(17)21(25)28/h3-6,11-13,17-19H,7-10H2,1-2H3,(H,24,26)/t12-,13-,17-,18+,19+/m0/s1. The topological polar surface area (TPSA) is 92.8 Å². The van der Waals surface area contributed by atoms with E-state index in [1.165, 1.54) is 0 Å². The Morgan fingerprint density at radius 1 is 1.13 bits per heavy atom. The zero-order chi connectivity index (χ0) is 21.6. The average molecular weight is 433 g/mol. The molecule has 1 aliphatic heterocycles. The van der Waals surface area contributed by atoms with E-state index in [1.54, 1.807) is 38.1 Å². The van der Waals surface area contributed by atoms with Crippen molar-refractivity contribution in [2.24, 2.45) is 29.6 Å². The molecule has 1 saturated heterocycles. The predicted octanol–water partition coefficient (Wildman–Crippen LogP) is 2.88. The average Bonchev–Trinajstić information content (AvgIpc) is 3.38. The van der Waals surface area contributed by atoms with Crippen LogP contribution in [0.4, 0.5) is 5.69 Å². The maximum absolute atomic E-state index is 13.1. The van der Waals surface area contributed by atoms with Crippen molar-refractivity contribution >= 4 is 41.0 Å². The Balaban J connectivity index is 1.42. The molecule has 0 spiro atoms. The summed E-state index contributed by atoms with van der Waals surface area (Å²) >= 11 is 6.01. The maximum atomic E-state index is 13.1. The molecule has 160 valence electrons. The van der Waals surface area contributed by atoms with Gasteiger partial charge in [-0.1, -0.05) is 37.6 Å². The minimum Gasteiger partial charge on any atom is -0.454 e. The third kappa shape index (κ3) is 3.49. The van der Waals surface area contributed by atoms with Crippen LogP contribution in [0, 0.1) is 29.6 Å². The van der Waals surface area contributed by atoms with Crippen molar-refractivity contribution in [3.8, 4) is 0 Å². The number of nitrogens with zero attached hydrogens (tertiary/aromatic N) is 1. The second-order valence-corrected chi connectivity index (χ2v) is 9.16. The van der Waals surface area contributed by atoms with E-state index in [0.29, 0.717) is 10.7 Å². The van der Waals surface area contributed by atoms with E-state index in [9.17, 15) is 19.2 Å². The Bertz CT molecular complexity index is 873. The number of amides is 3. The first-order chi connectivity index (χ1) is 14.3. The Kier molecular flexibility index (Phi) is 5.57. The van der Waals surface area contributed by atoms with Crippen molar-refractivity contribution in [3.05, 3.63) is 29.3 Å². The SMILES string of the molecule is CC(C)[C@H](C(=O)OCC(=O)Nc1ccccc1Cl)N1C(=O)[C@@H]2[C@H]3CC[C@@H](C3)[C@@H]2C1=O. The largest absolute Gasteiger partial charge is 0.454 e. The van der Waals surface area contributed by atoms with E-state index in [-0.39, 0.29) is 41.4 Å². The smallest absolute Gasteiger partial charge is 0.330 e. The van der Waals surface area contributed by atoms with Crippen molar-refractivity contribution in [1.29, 1.82) is 0 Å². The maximum Gasteiger partial charge on any atom is 0.330 e. The second kappa shape index (κ2) is 8.02. The van der Waals surface area contributed by atoms with Gasteiger partial charge in [0.05, 0.1) is 22.5 Å². The van der Waals surface area contributed by atoms with E-state index >= 15 is 0 Å². The zero-order valence-electron chi connectivity index (χ0n) is 17.0. The molecule has 0 radical (unpaired) electrons. The van der Waals surface area contributed by atoms with Gasteiger partial charge in [0, 0.05) is 0 Å². The third-order valence-corrected chi connectivity index (χ3v) is 6.94. The minimum atomic E-state index is -1.02. The Hall–Kier alpha value is -2.41. The normalized spacial score (nSPS) is 28.1. The summed E-state index contributed by atoms with van der Waals surface area (Å²) in [6.07, 6.45) is 2.87. The first kappa shape index (κ1) is 20.8. The summed E-state index contributed by atoms with van der Waals surface area (Å²) in [6.45, 7) is 3.00. The van der Waals surface area contributed by atoms with Crippen molar-refractivity contribution < 1.29 is 23.9 Å². The number of carbonyl (C=O) groups excluding carboxylic acids is 4. The number of benzene rings is 1. The lowest BCUT2D eigenvalue weighted by atomic mass is 9.81. The predicted molar refractivity (Wildman–Crippen MR) is 109 cm³/mol. The fourth-order valence-corrected chi connectivity index (χ4v) is 5.54. The van der Waals surface area contributed by atoms with Crippen molar-refractivity contribution in [2.45, 2.75) is 39.2 Å². The number of rotatable bonds is 6. The fourth-order valence-electron chi connectivity index (χ4n) is 5.35. The van der Waals surface area contributed by atoms with Crippen LogP contribution in [0.15, 0.2) is 24.3 Å². The van der Waals surface area contributed by atoms with Gasteiger partial charge < -0.3 is 10.1 Å². The number of ether oxygens (including phenoxy) is 1. The highest BCUT2D eigenvalue weighted by molar-refractivity contribution is 6.33. The molecule has 1 aromatic carbocycles. The van der Waals surface area contributed by atoms with Crippen molar-refractivity contribution in [3.63, 3.8) is 0 Å². The summed E-state index contributed by atoms with van der Waals surface area (Å²) in [5.41, 5.74) is 0.411. The van der Waals surface area contributed by atoms with Crippen LogP contribution < -0.4 is 5.32 Å². The quantitative estimate of drug-likeness (QED) is 0.551. The number of hydrogen-bond donors (Lipinski definition) is 1. The number of para-hydroxylation sites is 1. The summed E-state index contributed by atoms with van der Waals surface area (Å²) in [4.78, 5) is 52.2. The lowest BCUT2D eigenvalue weighted by Crippen LogP contribution is -2.50. The number of nitrogens with one attached hydrogen (secondary N) is 1. The summed E-state index contributed by atoms with van der Waals surface area (Å²) < 4.78 is 5.20. The molecule has 1 N–H and O–H groups in total. The van der Waals surface area contributed by atoms with Crippen molar-refractivity contribution in [2.75, 3.05) is 11.9 Å². The molecule has 3 fully saturated rings. The first-order valence-corrected chi connectivity index (χ1v) is 10.7. The molecule has 2 bridgehead atoms. The van der Waals surface area contributed by atoms with Crippen molar-refractivity contribution in [1.82, 2.24) is 4.90 Å². The molecule has 4 rings (SSSR count). The van der Waals surface area contributed by atoms with E-state index < -0.39 is 24.5 Å². The van der Waals surface area contributed by atoms with Gasteiger partial charge >= 0.3 is 5.97 Å². The Morgan fingerprint density at radius 2 is 1.73 bits per heavy atom. The molecule has 1 aromatic rings. The van der Waals surface area contributed by atoms with Gasteiger partial charge in [-0.15, -0.1) is 0 Å². The number of hydrogen-bond acceptors (Lipinski definition) is 5. The van der Waals surface area contributed by atoms with Crippen LogP contribution in [0.25, 0.3) is 0 Å². The van der Waals surface area contributed by atoms with E-state index in [2.05, 4.69) is 5.32 Å². The van der Waals surface area contributed by atoms with E-state index in [4.69, 9.17) is 16.3 Å². The number of likely N-dealkylation sites (tertiary alicyclic amines) is 1. The van der Waals surface area contributed by atoms with Crippen LogP contribution >= 0.6 is 11.6 Å². The molecule has 0 unspecified atom stereocenters.